The molecule has 18 heavy (non-hydrogen) atoms. The Hall–Kier alpha value is -1.89. The lowest BCUT2D eigenvalue weighted by Crippen LogP contribution is -2.16. The van der Waals surface area contributed by atoms with Crippen molar-refractivity contribution < 1.29 is 18.8 Å². The summed E-state index contributed by atoms with van der Waals surface area (Å²) in [6.07, 6.45) is -0.806. The maximum Gasteiger partial charge on any atom is 0.411 e. The number of nitro groups is 1. The fourth-order valence-corrected chi connectivity index (χ4v) is 1.29. The molecule has 0 fully saturated rings. The number of hydrogen-bond acceptors (Lipinski definition) is 4. The highest BCUT2D eigenvalue weighted by Gasteiger charge is 2.18. The number of alkyl halides is 1. The third-order valence-corrected chi connectivity index (χ3v) is 2.19. The van der Waals surface area contributed by atoms with E-state index in [0.29, 0.717) is 5.56 Å². The molecule has 8 heteroatoms. The Kier molecular flexibility index (Phi) is 4.85. The van der Waals surface area contributed by atoms with Crippen LogP contribution in [0.2, 0.25) is 0 Å². The Morgan fingerprint density at radius 1 is 1.61 bits per heavy atom. The van der Waals surface area contributed by atoms with Crippen LogP contribution < -0.4 is 5.32 Å². The topological polar surface area (TPSA) is 81.5 Å². The van der Waals surface area contributed by atoms with Crippen molar-refractivity contribution in [1.82, 2.24) is 0 Å². The van der Waals surface area contributed by atoms with E-state index in [0.717, 1.165) is 12.1 Å². The second-order valence-corrected chi connectivity index (χ2v) is 3.70. The molecule has 1 aromatic rings. The number of benzene rings is 1. The summed E-state index contributed by atoms with van der Waals surface area (Å²) in [4.78, 5) is 20.9. The number of nitro benzene ring substituents is 1. The number of carbonyl (C=O) groups excluding carboxylic acids is 1. The standard InChI is InChI=1S/C10H10ClFN2O4/c1-6-4-7(12)9(14(16)17)5-8(6)13-10(15)18-3-2-11/h4-5H,2-3H2,1H3,(H,13,15). The molecule has 1 aromatic carbocycles. The molecule has 0 saturated heterocycles. The van der Waals surface area contributed by atoms with Gasteiger partial charge in [0.25, 0.3) is 0 Å². The van der Waals surface area contributed by atoms with Gasteiger partial charge in [-0.25, -0.2) is 4.79 Å². The average molecular weight is 277 g/mol. The van der Waals surface area contributed by atoms with Gasteiger partial charge in [-0.1, -0.05) is 0 Å². The van der Waals surface area contributed by atoms with E-state index >= 15 is 0 Å². The molecule has 0 aliphatic rings. The highest BCUT2D eigenvalue weighted by molar-refractivity contribution is 6.18. The van der Waals surface area contributed by atoms with E-state index in [-0.39, 0.29) is 18.2 Å². The molecule has 0 aromatic heterocycles. The lowest BCUT2D eigenvalue weighted by molar-refractivity contribution is -0.387. The Morgan fingerprint density at radius 3 is 2.83 bits per heavy atom. The van der Waals surface area contributed by atoms with Crippen LogP contribution in [0, 0.1) is 22.9 Å². The Balaban J connectivity index is 2.92. The normalized spacial score (nSPS) is 9.94. The summed E-state index contributed by atoms with van der Waals surface area (Å²) in [6.45, 7) is 1.51. The number of nitrogens with zero attached hydrogens (tertiary/aromatic N) is 1. The van der Waals surface area contributed by atoms with Gasteiger partial charge in [-0.2, -0.15) is 4.39 Å². The molecule has 0 saturated carbocycles. The fourth-order valence-electron chi connectivity index (χ4n) is 1.21. The van der Waals surface area contributed by atoms with Gasteiger partial charge < -0.3 is 4.74 Å². The third-order valence-electron chi connectivity index (χ3n) is 2.04. The summed E-state index contributed by atoms with van der Waals surface area (Å²) in [6, 6.07) is 1.90. The van der Waals surface area contributed by atoms with Gasteiger partial charge >= 0.3 is 11.8 Å². The van der Waals surface area contributed by atoms with Crippen molar-refractivity contribution >= 4 is 29.1 Å². The van der Waals surface area contributed by atoms with Crippen molar-refractivity contribution in [2.45, 2.75) is 6.92 Å². The molecule has 0 heterocycles. The fraction of sp³-hybridized carbons (Fsp3) is 0.300. The number of carbonyl (C=O) groups is 1. The van der Waals surface area contributed by atoms with E-state index < -0.39 is 22.5 Å². The Morgan fingerprint density at radius 2 is 2.28 bits per heavy atom. The van der Waals surface area contributed by atoms with Gasteiger partial charge in [-0.05, 0) is 18.6 Å². The molecule has 6 nitrogen and oxygen atoms in total. The molecular weight excluding hydrogens is 267 g/mol. The first kappa shape index (κ1) is 14.2. The van der Waals surface area contributed by atoms with Gasteiger partial charge in [0.15, 0.2) is 0 Å². The predicted octanol–water partition coefficient (Wildman–Crippen LogP) is 2.83. The quantitative estimate of drug-likeness (QED) is 0.521. The van der Waals surface area contributed by atoms with Crippen LogP contribution in [-0.4, -0.2) is 23.5 Å². The van der Waals surface area contributed by atoms with Crippen molar-refractivity contribution in [2.75, 3.05) is 17.8 Å². The number of amides is 1. The van der Waals surface area contributed by atoms with Gasteiger partial charge in [-0.15, -0.1) is 11.6 Å². The lowest BCUT2D eigenvalue weighted by Gasteiger charge is -2.08. The molecule has 0 radical (unpaired) electrons. The second kappa shape index (κ2) is 6.15. The summed E-state index contributed by atoms with van der Waals surface area (Å²) >= 11 is 5.32. The first-order valence-corrected chi connectivity index (χ1v) is 5.43. The van der Waals surface area contributed by atoms with E-state index in [1.54, 1.807) is 0 Å². The highest BCUT2D eigenvalue weighted by atomic mass is 35.5. The smallest absolute Gasteiger partial charge is 0.411 e. The Bertz CT molecular complexity index is 481. The van der Waals surface area contributed by atoms with Gasteiger partial charge in [-0.3, -0.25) is 15.4 Å². The minimum Gasteiger partial charge on any atom is -0.448 e. The summed E-state index contributed by atoms with van der Waals surface area (Å²) in [7, 11) is 0. The zero-order chi connectivity index (χ0) is 13.7. The van der Waals surface area contributed by atoms with E-state index in [1.807, 2.05) is 0 Å². The minimum absolute atomic E-state index is 0.00965. The maximum atomic E-state index is 13.2. The number of rotatable bonds is 4. The van der Waals surface area contributed by atoms with Crippen LogP contribution in [0.1, 0.15) is 5.56 Å². The molecule has 1 rings (SSSR count). The van der Waals surface area contributed by atoms with Crippen molar-refractivity contribution in [1.29, 1.82) is 0 Å². The molecule has 0 atom stereocenters. The molecule has 98 valence electrons. The van der Waals surface area contributed by atoms with Crippen LogP contribution in [0.25, 0.3) is 0 Å². The number of halogens is 2. The zero-order valence-corrected chi connectivity index (χ0v) is 10.2. The van der Waals surface area contributed by atoms with Gasteiger partial charge in [0, 0.05) is 6.07 Å². The number of ether oxygens (including phenoxy) is 1. The monoisotopic (exact) mass is 276 g/mol. The van der Waals surface area contributed by atoms with Crippen LogP contribution in [0.4, 0.5) is 20.6 Å². The summed E-state index contributed by atoms with van der Waals surface area (Å²) in [5, 5.41) is 12.8. The second-order valence-electron chi connectivity index (χ2n) is 3.33. The van der Waals surface area contributed by atoms with Crippen LogP contribution >= 0.6 is 11.6 Å². The summed E-state index contributed by atoms with van der Waals surface area (Å²) in [5.41, 5.74) is -0.253. The summed E-state index contributed by atoms with van der Waals surface area (Å²) < 4.78 is 17.9. The van der Waals surface area contributed by atoms with Gasteiger partial charge in [0.1, 0.15) is 6.61 Å². The first-order valence-electron chi connectivity index (χ1n) is 4.90. The van der Waals surface area contributed by atoms with E-state index in [2.05, 4.69) is 10.1 Å². The van der Waals surface area contributed by atoms with E-state index in [1.165, 1.54) is 6.92 Å². The zero-order valence-electron chi connectivity index (χ0n) is 9.41. The Labute approximate surface area is 107 Å². The maximum absolute atomic E-state index is 13.2. The number of hydrogen-bond donors (Lipinski definition) is 1. The van der Waals surface area contributed by atoms with Crippen molar-refractivity contribution in [3.8, 4) is 0 Å². The SMILES string of the molecule is Cc1cc(F)c([N+](=O)[O-])cc1NC(=O)OCCCl. The average Bonchev–Trinajstić information content (AvgIpc) is 2.29. The molecule has 1 amide bonds. The molecule has 1 N–H and O–H groups in total. The van der Waals surface area contributed by atoms with Crippen LogP contribution in [0.15, 0.2) is 12.1 Å². The minimum atomic E-state index is -0.961. The molecule has 0 unspecified atom stereocenters. The van der Waals surface area contributed by atoms with Crippen LogP contribution in [0.3, 0.4) is 0 Å². The first-order chi connectivity index (χ1) is 8.45. The van der Waals surface area contributed by atoms with Crippen LogP contribution in [0.5, 0.6) is 0 Å². The molecule has 0 spiro atoms. The highest BCUT2D eigenvalue weighted by Crippen LogP contribution is 2.25. The molecule has 0 aliphatic carbocycles. The lowest BCUT2D eigenvalue weighted by atomic mass is 10.1. The van der Waals surface area contributed by atoms with Crippen molar-refractivity contribution in [2.24, 2.45) is 0 Å². The largest absolute Gasteiger partial charge is 0.448 e. The predicted molar refractivity (Wildman–Crippen MR) is 63.5 cm³/mol. The van der Waals surface area contributed by atoms with Crippen molar-refractivity contribution in [3.63, 3.8) is 0 Å². The molecular formula is C10H10ClFN2O4. The molecule has 0 bridgehead atoms. The molecule has 0 aliphatic heterocycles. The van der Waals surface area contributed by atoms with Crippen molar-refractivity contribution in [3.05, 3.63) is 33.6 Å². The number of anilines is 1. The van der Waals surface area contributed by atoms with Gasteiger partial charge in [0.05, 0.1) is 16.5 Å². The third kappa shape index (κ3) is 3.56. The van der Waals surface area contributed by atoms with E-state index in [4.69, 9.17) is 11.6 Å². The summed E-state index contributed by atoms with van der Waals surface area (Å²) in [5.74, 6) is -0.826. The van der Waals surface area contributed by atoms with Crippen LogP contribution in [-0.2, 0) is 4.74 Å². The number of aryl methyl sites for hydroxylation is 1. The van der Waals surface area contributed by atoms with Gasteiger partial charge in [0.2, 0.25) is 5.82 Å². The number of nitrogens with one attached hydrogen (secondary N) is 1. The van der Waals surface area contributed by atoms with E-state index in [9.17, 15) is 19.3 Å².